The number of H-pyrrole nitrogens is 1. The second kappa shape index (κ2) is 8.93. The number of amides is 2. The number of aromatic amines is 1. The quantitative estimate of drug-likeness (QED) is 0.552. The Bertz CT molecular complexity index is 1140. The highest BCUT2D eigenvalue weighted by Crippen LogP contribution is 2.28. The third-order valence-electron chi connectivity index (χ3n) is 5.68. The summed E-state index contributed by atoms with van der Waals surface area (Å²) in [5.74, 6) is -0.197. The van der Waals surface area contributed by atoms with Crippen molar-refractivity contribution in [3.63, 3.8) is 0 Å². The lowest BCUT2D eigenvalue weighted by Crippen LogP contribution is -2.50. The Hall–Kier alpha value is -2.50. The van der Waals surface area contributed by atoms with E-state index in [9.17, 15) is 9.59 Å². The van der Waals surface area contributed by atoms with Crippen molar-refractivity contribution in [3.8, 4) is 0 Å². The number of carbonyl (C=O) groups is 2. The molecular formula is C24H25Cl2N3O2. The van der Waals surface area contributed by atoms with Gasteiger partial charge in [-0.05, 0) is 36.6 Å². The molecule has 0 spiro atoms. The van der Waals surface area contributed by atoms with Gasteiger partial charge in [-0.3, -0.25) is 9.59 Å². The smallest absolute Gasteiger partial charge is 0.253 e. The van der Waals surface area contributed by atoms with E-state index in [1.54, 1.807) is 12.1 Å². The lowest BCUT2D eigenvalue weighted by atomic mass is 9.99. The molecule has 0 saturated heterocycles. The minimum Gasteiger partial charge on any atom is -0.358 e. The maximum Gasteiger partial charge on any atom is 0.253 e. The Balaban J connectivity index is 1.55. The maximum absolute atomic E-state index is 13.5. The topological polar surface area (TPSA) is 65.2 Å². The number of hydrogen-bond donors (Lipinski definition) is 2. The molecule has 0 saturated carbocycles. The van der Waals surface area contributed by atoms with Crippen molar-refractivity contribution >= 4 is 45.9 Å². The monoisotopic (exact) mass is 457 g/mol. The lowest BCUT2D eigenvalue weighted by molar-refractivity contribution is -0.134. The van der Waals surface area contributed by atoms with Crippen molar-refractivity contribution in [1.82, 2.24) is 15.2 Å². The van der Waals surface area contributed by atoms with Crippen LogP contribution in [-0.2, 0) is 17.8 Å². The van der Waals surface area contributed by atoms with Gasteiger partial charge in [0.2, 0.25) is 5.91 Å². The van der Waals surface area contributed by atoms with E-state index in [0.717, 1.165) is 22.9 Å². The number of benzene rings is 2. The fraction of sp³-hybridized carbons (Fsp3) is 0.333. The number of fused-ring (bicyclic) bond motifs is 3. The molecule has 4 rings (SSSR count). The van der Waals surface area contributed by atoms with Gasteiger partial charge in [-0.1, -0.05) is 55.2 Å². The van der Waals surface area contributed by atoms with Gasteiger partial charge in [0.15, 0.2) is 0 Å². The number of hydrogen-bond acceptors (Lipinski definition) is 2. The van der Waals surface area contributed by atoms with Crippen LogP contribution < -0.4 is 5.32 Å². The van der Waals surface area contributed by atoms with Crippen LogP contribution in [0.3, 0.4) is 0 Å². The standard InChI is InChI=1S/C24H25Cl2N3O2/c1-14(2)11-22(28-23(30)17-8-7-15(25)12-19(17)26)24(31)29-10-9-21-18(13-29)16-5-3-4-6-20(16)27-21/h3-8,12,14,22,27H,9-11,13H2,1-2H3,(H,28,30). The summed E-state index contributed by atoms with van der Waals surface area (Å²) in [4.78, 5) is 31.6. The van der Waals surface area contributed by atoms with E-state index < -0.39 is 6.04 Å². The van der Waals surface area contributed by atoms with E-state index in [4.69, 9.17) is 23.2 Å². The number of para-hydroxylation sites is 1. The summed E-state index contributed by atoms with van der Waals surface area (Å²) in [6, 6.07) is 12.2. The molecule has 1 aliphatic heterocycles. The van der Waals surface area contributed by atoms with Gasteiger partial charge in [0.05, 0.1) is 10.6 Å². The minimum absolute atomic E-state index is 0.0666. The van der Waals surface area contributed by atoms with E-state index in [2.05, 4.69) is 22.4 Å². The number of halogens is 2. The van der Waals surface area contributed by atoms with Crippen LogP contribution in [0, 0.1) is 5.92 Å². The van der Waals surface area contributed by atoms with Crippen LogP contribution in [-0.4, -0.2) is 34.3 Å². The molecule has 0 radical (unpaired) electrons. The first-order valence-electron chi connectivity index (χ1n) is 10.5. The molecule has 0 aliphatic carbocycles. The van der Waals surface area contributed by atoms with Gasteiger partial charge >= 0.3 is 0 Å². The summed E-state index contributed by atoms with van der Waals surface area (Å²) in [5, 5.41) is 4.78. The Kier molecular flexibility index (Phi) is 6.26. The van der Waals surface area contributed by atoms with Crippen LogP contribution in [0.1, 0.15) is 41.9 Å². The van der Waals surface area contributed by atoms with Crippen LogP contribution in [0.25, 0.3) is 10.9 Å². The van der Waals surface area contributed by atoms with Crippen LogP contribution >= 0.6 is 23.2 Å². The zero-order valence-electron chi connectivity index (χ0n) is 17.5. The van der Waals surface area contributed by atoms with Gasteiger partial charge in [-0.25, -0.2) is 0 Å². The van der Waals surface area contributed by atoms with Gasteiger partial charge in [-0.2, -0.15) is 0 Å². The lowest BCUT2D eigenvalue weighted by Gasteiger charge is -2.31. The average molecular weight is 458 g/mol. The predicted molar refractivity (Wildman–Crippen MR) is 125 cm³/mol. The molecule has 0 bridgehead atoms. The summed E-state index contributed by atoms with van der Waals surface area (Å²) in [7, 11) is 0. The van der Waals surface area contributed by atoms with E-state index in [1.807, 2.05) is 30.9 Å². The SMILES string of the molecule is CC(C)CC(NC(=O)c1ccc(Cl)cc1Cl)C(=O)N1CCc2[nH]c3ccccc3c2C1. The number of rotatable bonds is 5. The Morgan fingerprint density at radius 3 is 2.68 bits per heavy atom. The van der Waals surface area contributed by atoms with Crippen molar-refractivity contribution in [2.24, 2.45) is 5.92 Å². The highest BCUT2D eigenvalue weighted by Gasteiger charge is 2.31. The second-order valence-corrected chi connectivity index (χ2v) is 9.26. The molecule has 1 aliphatic rings. The fourth-order valence-corrected chi connectivity index (χ4v) is 4.67. The van der Waals surface area contributed by atoms with E-state index in [0.29, 0.717) is 30.1 Å². The molecule has 2 heterocycles. The molecule has 1 unspecified atom stereocenters. The van der Waals surface area contributed by atoms with Crippen LogP contribution in [0.5, 0.6) is 0 Å². The summed E-state index contributed by atoms with van der Waals surface area (Å²) in [6.07, 6.45) is 1.31. The van der Waals surface area contributed by atoms with Crippen LogP contribution in [0.2, 0.25) is 10.0 Å². The molecule has 2 aromatic carbocycles. The first kappa shape index (κ1) is 21.7. The molecule has 1 aromatic heterocycles. The van der Waals surface area contributed by atoms with Crippen LogP contribution in [0.15, 0.2) is 42.5 Å². The van der Waals surface area contributed by atoms with Gasteiger partial charge in [-0.15, -0.1) is 0 Å². The van der Waals surface area contributed by atoms with E-state index in [1.165, 1.54) is 11.8 Å². The van der Waals surface area contributed by atoms with Gasteiger partial charge < -0.3 is 15.2 Å². The Morgan fingerprint density at radius 1 is 1.16 bits per heavy atom. The third-order valence-corrected chi connectivity index (χ3v) is 6.23. The summed E-state index contributed by atoms with van der Waals surface area (Å²) in [6.45, 7) is 5.22. The van der Waals surface area contributed by atoms with E-state index in [-0.39, 0.29) is 22.8 Å². The van der Waals surface area contributed by atoms with Crippen LogP contribution in [0.4, 0.5) is 0 Å². The highest BCUT2D eigenvalue weighted by molar-refractivity contribution is 6.36. The predicted octanol–water partition coefficient (Wildman–Crippen LogP) is 5.20. The molecular weight excluding hydrogens is 433 g/mol. The molecule has 2 amide bonds. The summed E-state index contributed by atoms with van der Waals surface area (Å²) >= 11 is 12.1. The summed E-state index contributed by atoms with van der Waals surface area (Å²) in [5.41, 5.74) is 3.74. The maximum atomic E-state index is 13.5. The molecule has 5 nitrogen and oxygen atoms in total. The summed E-state index contributed by atoms with van der Waals surface area (Å²) < 4.78 is 0. The zero-order valence-corrected chi connectivity index (χ0v) is 19.1. The van der Waals surface area contributed by atoms with E-state index >= 15 is 0 Å². The highest BCUT2D eigenvalue weighted by atomic mass is 35.5. The molecule has 31 heavy (non-hydrogen) atoms. The van der Waals surface area contributed by atoms with Gasteiger partial charge in [0, 0.05) is 46.7 Å². The van der Waals surface area contributed by atoms with Gasteiger partial charge in [0.25, 0.3) is 5.91 Å². The number of aromatic nitrogens is 1. The Labute approximate surface area is 191 Å². The Morgan fingerprint density at radius 2 is 1.94 bits per heavy atom. The minimum atomic E-state index is -0.619. The first-order valence-corrected chi connectivity index (χ1v) is 11.2. The van der Waals surface area contributed by atoms with Crippen molar-refractivity contribution in [1.29, 1.82) is 0 Å². The molecule has 3 aromatic rings. The molecule has 0 fully saturated rings. The van der Waals surface area contributed by atoms with Crippen molar-refractivity contribution < 1.29 is 9.59 Å². The molecule has 162 valence electrons. The molecule has 2 N–H and O–H groups in total. The normalized spacial score (nSPS) is 14.5. The number of nitrogens with one attached hydrogen (secondary N) is 2. The van der Waals surface area contributed by atoms with Crippen molar-refractivity contribution in [3.05, 3.63) is 69.3 Å². The second-order valence-electron chi connectivity index (χ2n) is 8.42. The molecule has 1 atom stereocenters. The number of nitrogens with zero attached hydrogens (tertiary/aromatic N) is 1. The zero-order chi connectivity index (χ0) is 22.1. The first-order chi connectivity index (χ1) is 14.8. The largest absolute Gasteiger partial charge is 0.358 e. The molecule has 7 heteroatoms. The van der Waals surface area contributed by atoms with Crippen molar-refractivity contribution in [2.75, 3.05) is 6.54 Å². The number of carbonyl (C=O) groups excluding carboxylic acids is 2. The third kappa shape index (κ3) is 4.58. The fourth-order valence-electron chi connectivity index (χ4n) is 4.18. The average Bonchev–Trinajstić information content (AvgIpc) is 3.10. The van der Waals surface area contributed by atoms with Crippen molar-refractivity contribution in [2.45, 2.75) is 39.3 Å². The van der Waals surface area contributed by atoms with Gasteiger partial charge in [0.1, 0.15) is 6.04 Å².